The molecule has 3 rings (SSSR count). The Bertz CT molecular complexity index is 692. The molecule has 2 aromatic rings. The molecule has 0 aliphatic heterocycles. The van der Waals surface area contributed by atoms with Crippen LogP contribution in [0.15, 0.2) is 48.5 Å². The monoisotopic (exact) mass is 320 g/mol. The van der Waals surface area contributed by atoms with Crippen molar-refractivity contribution in [3.63, 3.8) is 0 Å². The van der Waals surface area contributed by atoms with E-state index in [0.29, 0.717) is 5.56 Å². The number of rotatable bonds is 4. The standard InChI is InChI=1S/C23H25F/c1-2-3-18-4-8-20(9-5-18)22-12-14-23(15-13-22)21-10-6-19(7-11-21)16-17-24/h6-7,10-15,18,20H,2-5,8-9H2,1H3/t18-,20-. The van der Waals surface area contributed by atoms with Crippen molar-refractivity contribution in [2.45, 2.75) is 51.4 Å². The van der Waals surface area contributed by atoms with Gasteiger partial charge in [-0.1, -0.05) is 56.2 Å². The van der Waals surface area contributed by atoms with Gasteiger partial charge in [0, 0.05) is 5.56 Å². The molecule has 0 amide bonds. The van der Waals surface area contributed by atoms with Crippen LogP contribution in [0, 0.1) is 18.0 Å². The summed E-state index contributed by atoms with van der Waals surface area (Å²) in [6, 6.07) is 16.7. The topological polar surface area (TPSA) is 0 Å². The Labute approximate surface area is 145 Å². The molecule has 1 aliphatic rings. The summed E-state index contributed by atoms with van der Waals surface area (Å²) < 4.78 is 12.0. The van der Waals surface area contributed by atoms with Gasteiger partial charge in [-0.3, -0.25) is 0 Å². The third-order valence-corrected chi connectivity index (χ3v) is 5.34. The summed E-state index contributed by atoms with van der Waals surface area (Å²) >= 11 is 0. The average Bonchev–Trinajstić information content (AvgIpc) is 2.64. The number of benzene rings is 2. The van der Waals surface area contributed by atoms with Gasteiger partial charge in [0.05, 0.1) is 0 Å². The maximum absolute atomic E-state index is 12.0. The summed E-state index contributed by atoms with van der Waals surface area (Å²) in [5.74, 6) is 4.12. The third-order valence-electron chi connectivity index (χ3n) is 5.34. The highest BCUT2D eigenvalue weighted by Crippen LogP contribution is 2.37. The number of hydrogen-bond acceptors (Lipinski definition) is 0. The molecule has 0 radical (unpaired) electrons. The molecule has 1 fully saturated rings. The molecule has 124 valence electrons. The lowest BCUT2D eigenvalue weighted by molar-refractivity contribution is 0.308. The minimum absolute atomic E-state index is 0.710. The van der Waals surface area contributed by atoms with Crippen molar-refractivity contribution in [2.24, 2.45) is 5.92 Å². The van der Waals surface area contributed by atoms with Crippen molar-refractivity contribution in [3.8, 4) is 23.2 Å². The highest BCUT2D eigenvalue weighted by molar-refractivity contribution is 5.64. The zero-order chi connectivity index (χ0) is 16.8. The first-order chi connectivity index (χ1) is 11.8. The SMILES string of the molecule is CCC[C@H]1CC[C@H](c2ccc(-c3ccc(C#CF)cc3)cc2)CC1. The second-order valence-electron chi connectivity index (χ2n) is 6.93. The molecule has 0 saturated heterocycles. The van der Waals surface area contributed by atoms with Gasteiger partial charge in [0.25, 0.3) is 0 Å². The Morgan fingerprint density at radius 3 is 2.00 bits per heavy atom. The quantitative estimate of drug-likeness (QED) is 0.549. The minimum Gasteiger partial charge on any atom is -0.144 e. The Morgan fingerprint density at radius 2 is 1.46 bits per heavy atom. The van der Waals surface area contributed by atoms with Gasteiger partial charge in [0.1, 0.15) is 6.17 Å². The summed E-state index contributed by atoms with van der Waals surface area (Å²) in [5, 5.41) is 0. The second kappa shape index (κ2) is 8.15. The van der Waals surface area contributed by atoms with Crippen molar-refractivity contribution in [1.82, 2.24) is 0 Å². The van der Waals surface area contributed by atoms with Gasteiger partial charge >= 0.3 is 0 Å². The first-order valence-electron chi connectivity index (χ1n) is 9.12. The maximum atomic E-state index is 12.0. The molecule has 0 spiro atoms. The van der Waals surface area contributed by atoms with E-state index in [1.54, 1.807) is 0 Å². The van der Waals surface area contributed by atoms with Crippen LogP contribution in [0.3, 0.4) is 0 Å². The molecular formula is C23H25F. The second-order valence-corrected chi connectivity index (χ2v) is 6.93. The highest BCUT2D eigenvalue weighted by atomic mass is 19.1. The van der Waals surface area contributed by atoms with Gasteiger partial charge in [0.2, 0.25) is 0 Å². The third kappa shape index (κ3) is 4.06. The summed E-state index contributed by atoms with van der Waals surface area (Å²) in [6.07, 6.45) is 9.60. The van der Waals surface area contributed by atoms with Gasteiger partial charge in [0.15, 0.2) is 0 Å². The van der Waals surface area contributed by atoms with E-state index in [-0.39, 0.29) is 0 Å². The van der Waals surface area contributed by atoms with E-state index < -0.39 is 0 Å². The highest BCUT2D eigenvalue weighted by Gasteiger charge is 2.21. The number of halogens is 1. The zero-order valence-electron chi connectivity index (χ0n) is 14.4. The predicted octanol–water partition coefficient (Wildman–Crippen LogP) is 6.71. The molecule has 0 heterocycles. The van der Waals surface area contributed by atoms with Crippen LogP contribution in [0.4, 0.5) is 4.39 Å². The van der Waals surface area contributed by atoms with Crippen LogP contribution >= 0.6 is 0 Å². The van der Waals surface area contributed by atoms with Crippen LogP contribution in [0.25, 0.3) is 11.1 Å². The lowest BCUT2D eigenvalue weighted by atomic mass is 9.77. The molecule has 1 saturated carbocycles. The molecule has 1 heteroatoms. The maximum Gasteiger partial charge on any atom is 0.111 e. The van der Waals surface area contributed by atoms with Crippen molar-refractivity contribution >= 4 is 0 Å². The minimum atomic E-state index is 0.710. The number of hydrogen-bond donors (Lipinski definition) is 0. The largest absolute Gasteiger partial charge is 0.144 e. The fourth-order valence-electron chi connectivity index (χ4n) is 3.94. The fraction of sp³-hybridized carbons (Fsp3) is 0.391. The average molecular weight is 320 g/mol. The van der Waals surface area contributed by atoms with Crippen molar-refractivity contribution in [3.05, 3.63) is 59.7 Å². The Balaban J connectivity index is 1.66. The lowest BCUT2D eigenvalue weighted by Crippen LogP contribution is -2.13. The molecule has 0 bridgehead atoms. The Hall–Kier alpha value is -2.07. The van der Waals surface area contributed by atoms with Gasteiger partial charge in [-0.15, -0.1) is 4.39 Å². The fourth-order valence-corrected chi connectivity index (χ4v) is 3.94. The molecule has 0 unspecified atom stereocenters. The molecule has 0 nitrogen and oxygen atoms in total. The van der Waals surface area contributed by atoms with Gasteiger partial charge in [-0.05, 0) is 72.3 Å². The van der Waals surface area contributed by atoms with Crippen LogP contribution in [0.2, 0.25) is 0 Å². The molecule has 0 atom stereocenters. The molecule has 0 N–H and O–H groups in total. The van der Waals surface area contributed by atoms with E-state index in [0.717, 1.165) is 17.4 Å². The van der Waals surface area contributed by atoms with E-state index in [2.05, 4.69) is 37.1 Å². The molecule has 0 aromatic heterocycles. The Morgan fingerprint density at radius 1 is 0.875 bits per heavy atom. The van der Waals surface area contributed by atoms with Crippen LogP contribution in [0.1, 0.15) is 62.5 Å². The van der Waals surface area contributed by atoms with Crippen LogP contribution in [-0.2, 0) is 0 Å². The van der Waals surface area contributed by atoms with E-state index in [4.69, 9.17) is 0 Å². The molecule has 1 aliphatic carbocycles. The van der Waals surface area contributed by atoms with Crippen molar-refractivity contribution < 1.29 is 4.39 Å². The van der Waals surface area contributed by atoms with Gasteiger partial charge in [-0.25, -0.2) is 0 Å². The zero-order valence-corrected chi connectivity index (χ0v) is 14.4. The van der Waals surface area contributed by atoms with E-state index in [1.165, 1.54) is 55.8 Å². The van der Waals surface area contributed by atoms with Crippen LogP contribution in [-0.4, -0.2) is 0 Å². The normalized spacial score (nSPS) is 20.2. The molecule has 24 heavy (non-hydrogen) atoms. The smallest absolute Gasteiger partial charge is 0.111 e. The van der Waals surface area contributed by atoms with E-state index in [9.17, 15) is 4.39 Å². The summed E-state index contributed by atoms with van der Waals surface area (Å²) in [7, 11) is 0. The summed E-state index contributed by atoms with van der Waals surface area (Å²) in [4.78, 5) is 0. The first-order valence-corrected chi connectivity index (χ1v) is 9.12. The summed E-state index contributed by atoms with van der Waals surface area (Å²) in [6.45, 7) is 2.29. The Kier molecular flexibility index (Phi) is 5.70. The molecule has 2 aromatic carbocycles. The van der Waals surface area contributed by atoms with E-state index in [1.807, 2.05) is 24.3 Å². The van der Waals surface area contributed by atoms with Gasteiger partial charge in [-0.2, -0.15) is 0 Å². The first kappa shape index (κ1) is 16.8. The van der Waals surface area contributed by atoms with Crippen molar-refractivity contribution in [2.75, 3.05) is 0 Å². The van der Waals surface area contributed by atoms with E-state index >= 15 is 0 Å². The van der Waals surface area contributed by atoms with Crippen LogP contribution < -0.4 is 0 Å². The predicted molar refractivity (Wildman–Crippen MR) is 99.5 cm³/mol. The van der Waals surface area contributed by atoms with Crippen molar-refractivity contribution in [1.29, 1.82) is 0 Å². The van der Waals surface area contributed by atoms with Gasteiger partial charge < -0.3 is 0 Å². The van der Waals surface area contributed by atoms with Crippen LogP contribution in [0.5, 0.6) is 0 Å². The summed E-state index contributed by atoms with van der Waals surface area (Å²) in [5.41, 5.74) is 4.55. The lowest BCUT2D eigenvalue weighted by Gasteiger charge is -2.28. The molecular weight excluding hydrogens is 295 g/mol.